The van der Waals surface area contributed by atoms with Gasteiger partial charge in [0.1, 0.15) is 5.82 Å². The van der Waals surface area contributed by atoms with E-state index in [1.54, 1.807) is 0 Å². The molecule has 3 nitrogen and oxygen atoms in total. The Kier molecular flexibility index (Phi) is 4.43. The van der Waals surface area contributed by atoms with Crippen LogP contribution in [0, 0.1) is 11.7 Å². The van der Waals surface area contributed by atoms with E-state index in [0.717, 1.165) is 6.07 Å². The molecule has 0 spiro atoms. The third kappa shape index (κ3) is 3.62. The van der Waals surface area contributed by atoms with Gasteiger partial charge in [-0.05, 0) is 23.6 Å². The van der Waals surface area contributed by atoms with E-state index in [4.69, 9.17) is 9.84 Å². The maximum atomic E-state index is 12.9. The largest absolute Gasteiger partial charge is 0.478 e. The maximum Gasteiger partial charge on any atom is 0.336 e. The highest BCUT2D eigenvalue weighted by atomic mass is 19.1. The predicted octanol–water partition coefficient (Wildman–Crippen LogP) is 2.70. The molecule has 0 bridgehead atoms. The lowest BCUT2D eigenvalue weighted by Crippen LogP contribution is -2.07. The molecule has 0 aliphatic heterocycles. The van der Waals surface area contributed by atoms with E-state index in [9.17, 15) is 9.18 Å². The number of carbonyl (C=O) groups is 1. The third-order valence-electron chi connectivity index (χ3n) is 2.01. The van der Waals surface area contributed by atoms with Crippen LogP contribution in [0.2, 0.25) is 0 Å². The van der Waals surface area contributed by atoms with Gasteiger partial charge >= 0.3 is 5.97 Å². The minimum atomic E-state index is -1.14. The van der Waals surface area contributed by atoms with Gasteiger partial charge in [-0.2, -0.15) is 0 Å². The number of carboxylic acid groups (broad SMARTS) is 1. The molecule has 1 rings (SSSR count). The number of ether oxygens (including phenoxy) is 1. The lowest BCUT2D eigenvalue weighted by Gasteiger charge is -2.09. The van der Waals surface area contributed by atoms with Gasteiger partial charge in [-0.15, -0.1) is 0 Å². The third-order valence-corrected chi connectivity index (χ3v) is 2.01. The van der Waals surface area contributed by atoms with Gasteiger partial charge in [0, 0.05) is 6.61 Å². The fraction of sp³-hybridized carbons (Fsp3) is 0.417. The summed E-state index contributed by atoms with van der Waals surface area (Å²) in [6, 6.07) is 3.69. The van der Waals surface area contributed by atoms with Crippen LogP contribution in [0.4, 0.5) is 4.39 Å². The van der Waals surface area contributed by atoms with E-state index >= 15 is 0 Å². The number of hydrogen-bond donors (Lipinski definition) is 1. The van der Waals surface area contributed by atoms with Gasteiger partial charge in [0.05, 0.1) is 12.2 Å². The molecular weight excluding hydrogens is 211 g/mol. The Labute approximate surface area is 93.9 Å². The van der Waals surface area contributed by atoms with E-state index < -0.39 is 11.8 Å². The molecule has 0 unspecified atom stereocenters. The summed E-state index contributed by atoms with van der Waals surface area (Å²) in [6.45, 7) is 4.75. The van der Waals surface area contributed by atoms with Crippen LogP contribution in [0.3, 0.4) is 0 Å². The van der Waals surface area contributed by atoms with E-state index in [-0.39, 0.29) is 12.2 Å². The zero-order valence-corrected chi connectivity index (χ0v) is 9.37. The van der Waals surface area contributed by atoms with Crippen LogP contribution in [0.15, 0.2) is 18.2 Å². The number of aromatic carboxylic acids is 1. The Morgan fingerprint density at radius 3 is 2.75 bits per heavy atom. The summed E-state index contributed by atoms with van der Waals surface area (Å²) in [5, 5.41) is 8.88. The molecule has 0 saturated heterocycles. The van der Waals surface area contributed by atoms with Crippen molar-refractivity contribution >= 4 is 5.97 Å². The van der Waals surface area contributed by atoms with Crippen LogP contribution in [-0.4, -0.2) is 17.7 Å². The molecule has 0 aromatic heterocycles. The first kappa shape index (κ1) is 12.6. The second-order valence-electron chi connectivity index (χ2n) is 4.02. The Hall–Kier alpha value is -1.42. The van der Waals surface area contributed by atoms with Crippen molar-refractivity contribution in [3.63, 3.8) is 0 Å². The number of carboxylic acids is 1. The maximum absolute atomic E-state index is 12.9. The molecule has 1 aromatic rings. The van der Waals surface area contributed by atoms with Crippen molar-refractivity contribution in [3.05, 3.63) is 35.1 Å². The van der Waals surface area contributed by atoms with Gasteiger partial charge in [-0.25, -0.2) is 9.18 Å². The molecule has 0 amide bonds. The number of halogens is 1. The molecule has 1 aromatic carbocycles. The van der Waals surface area contributed by atoms with Crippen LogP contribution in [-0.2, 0) is 11.3 Å². The summed E-state index contributed by atoms with van der Waals surface area (Å²) in [5.74, 6) is -1.30. The second-order valence-corrected chi connectivity index (χ2v) is 4.02. The Balaban J connectivity index is 2.75. The average molecular weight is 226 g/mol. The van der Waals surface area contributed by atoms with Crippen LogP contribution < -0.4 is 0 Å². The highest BCUT2D eigenvalue weighted by Gasteiger charge is 2.11. The minimum Gasteiger partial charge on any atom is -0.478 e. The minimum absolute atomic E-state index is 0.0382. The molecule has 0 atom stereocenters. The van der Waals surface area contributed by atoms with Crippen LogP contribution >= 0.6 is 0 Å². The fourth-order valence-electron chi connectivity index (χ4n) is 1.28. The van der Waals surface area contributed by atoms with Crippen molar-refractivity contribution < 1.29 is 19.0 Å². The van der Waals surface area contributed by atoms with E-state index in [1.807, 2.05) is 13.8 Å². The lowest BCUT2D eigenvalue weighted by atomic mass is 10.1. The van der Waals surface area contributed by atoms with Crippen molar-refractivity contribution in [1.82, 2.24) is 0 Å². The molecule has 0 aliphatic carbocycles. The van der Waals surface area contributed by atoms with Crippen molar-refractivity contribution in [2.45, 2.75) is 20.5 Å². The molecular formula is C12H15FO3. The molecule has 0 radical (unpaired) electrons. The zero-order chi connectivity index (χ0) is 12.1. The smallest absolute Gasteiger partial charge is 0.336 e. The first-order valence-electron chi connectivity index (χ1n) is 5.10. The highest BCUT2D eigenvalue weighted by molar-refractivity contribution is 5.89. The van der Waals surface area contributed by atoms with Gasteiger partial charge in [-0.1, -0.05) is 19.9 Å². The first-order chi connectivity index (χ1) is 7.50. The molecule has 1 N–H and O–H groups in total. The van der Waals surface area contributed by atoms with Crippen LogP contribution in [0.25, 0.3) is 0 Å². The number of rotatable bonds is 5. The SMILES string of the molecule is CC(C)COCc1ccc(F)cc1C(=O)O. The first-order valence-corrected chi connectivity index (χ1v) is 5.10. The predicted molar refractivity (Wildman–Crippen MR) is 57.9 cm³/mol. The fourth-order valence-corrected chi connectivity index (χ4v) is 1.28. The quantitative estimate of drug-likeness (QED) is 0.839. The average Bonchev–Trinajstić information content (AvgIpc) is 2.19. The Bertz CT molecular complexity index is 375. The number of benzene rings is 1. The van der Waals surface area contributed by atoms with Gasteiger partial charge < -0.3 is 9.84 Å². The highest BCUT2D eigenvalue weighted by Crippen LogP contribution is 2.13. The van der Waals surface area contributed by atoms with Gasteiger partial charge in [0.25, 0.3) is 0 Å². The van der Waals surface area contributed by atoms with Crippen molar-refractivity contribution in [2.24, 2.45) is 5.92 Å². The van der Waals surface area contributed by atoms with Crippen LogP contribution in [0.1, 0.15) is 29.8 Å². The molecule has 0 heterocycles. The topological polar surface area (TPSA) is 46.5 Å². The van der Waals surface area contributed by atoms with Gasteiger partial charge in [0.15, 0.2) is 0 Å². The summed E-state index contributed by atoms with van der Waals surface area (Å²) < 4.78 is 18.2. The van der Waals surface area contributed by atoms with E-state index in [2.05, 4.69) is 0 Å². The van der Waals surface area contributed by atoms with E-state index in [1.165, 1.54) is 12.1 Å². The molecule has 0 aliphatic rings. The van der Waals surface area contributed by atoms with Crippen molar-refractivity contribution in [3.8, 4) is 0 Å². The normalized spacial score (nSPS) is 10.8. The number of hydrogen-bond acceptors (Lipinski definition) is 2. The second kappa shape index (κ2) is 5.61. The van der Waals surface area contributed by atoms with Gasteiger partial charge in [0.2, 0.25) is 0 Å². The van der Waals surface area contributed by atoms with Crippen molar-refractivity contribution in [1.29, 1.82) is 0 Å². The molecule has 88 valence electrons. The molecule has 4 heteroatoms. The van der Waals surface area contributed by atoms with Gasteiger partial charge in [-0.3, -0.25) is 0 Å². The Morgan fingerprint density at radius 1 is 1.50 bits per heavy atom. The molecule has 16 heavy (non-hydrogen) atoms. The summed E-state index contributed by atoms with van der Waals surface area (Å²) in [6.07, 6.45) is 0. The Morgan fingerprint density at radius 2 is 2.19 bits per heavy atom. The standard InChI is InChI=1S/C12H15FO3/c1-8(2)6-16-7-9-3-4-10(13)5-11(9)12(14)15/h3-5,8H,6-7H2,1-2H3,(H,14,15). The molecule has 0 fully saturated rings. The zero-order valence-electron chi connectivity index (χ0n) is 9.37. The monoisotopic (exact) mass is 226 g/mol. The van der Waals surface area contributed by atoms with Crippen LogP contribution in [0.5, 0.6) is 0 Å². The van der Waals surface area contributed by atoms with E-state index in [0.29, 0.717) is 18.1 Å². The summed E-state index contributed by atoms with van der Waals surface area (Å²) in [7, 11) is 0. The summed E-state index contributed by atoms with van der Waals surface area (Å²) >= 11 is 0. The van der Waals surface area contributed by atoms with Crippen molar-refractivity contribution in [2.75, 3.05) is 6.61 Å². The summed E-state index contributed by atoms with van der Waals surface area (Å²) in [5.41, 5.74) is 0.457. The molecule has 0 saturated carbocycles. The summed E-state index contributed by atoms with van der Waals surface area (Å²) in [4.78, 5) is 10.8. The lowest BCUT2D eigenvalue weighted by molar-refractivity contribution is 0.0681.